The fraction of sp³-hybridized carbons (Fsp3) is 0.100. The zero-order valence-electron chi connectivity index (χ0n) is 24.4. The lowest BCUT2D eigenvalue weighted by Gasteiger charge is -2.19. The number of para-hydroxylation sites is 1. The maximum Gasteiger partial charge on any atom is 0.0547 e. The van der Waals surface area contributed by atoms with Crippen molar-refractivity contribution in [3.05, 3.63) is 137 Å². The van der Waals surface area contributed by atoms with E-state index in [1.165, 1.54) is 75.5 Å². The summed E-state index contributed by atoms with van der Waals surface area (Å²) in [6, 6.07) is 47.0. The largest absolute Gasteiger partial charge is 0.309 e. The Bertz CT molecular complexity index is 2330. The molecular formula is C40H30BrNS. The third-order valence-corrected chi connectivity index (χ3v) is 10.2. The quantitative estimate of drug-likeness (QED) is 0.182. The first kappa shape index (κ1) is 26.4. The average molecular weight is 637 g/mol. The molecule has 0 spiro atoms. The molecule has 0 bridgehead atoms. The van der Waals surface area contributed by atoms with E-state index in [2.05, 4.69) is 169 Å². The Morgan fingerprint density at radius 3 is 2.00 bits per heavy atom. The summed E-state index contributed by atoms with van der Waals surface area (Å²) < 4.78 is 6.15. The average Bonchev–Trinajstić information content (AvgIpc) is 3.55. The molecule has 208 valence electrons. The molecule has 8 rings (SSSR count). The summed E-state index contributed by atoms with van der Waals surface area (Å²) >= 11 is 5.70. The molecule has 0 aliphatic heterocycles. The normalized spacial score (nSPS) is 12.2. The van der Waals surface area contributed by atoms with Crippen LogP contribution >= 0.6 is 27.3 Å². The Morgan fingerprint density at radius 1 is 0.512 bits per heavy atom. The SMILES string of the molecule is CC(C)(C)c1ccc2c(c1)c1ccc(-c3cc(Br)cc(-c4ccc5sc6ccccc6c5c4)c3)cc1n2-c1ccccc1. The van der Waals surface area contributed by atoms with Crippen LogP contribution in [-0.4, -0.2) is 4.57 Å². The minimum atomic E-state index is 0.0837. The molecule has 0 N–H and O–H groups in total. The van der Waals surface area contributed by atoms with Gasteiger partial charge in [0.1, 0.15) is 0 Å². The van der Waals surface area contributed by atoms with Crippen LogP contribution in [0.25, 0.3) is 69.9 Å². The van der Waals surface area contributed by atoms with Crippen molar-refractivity contribution >= 4 is 69.2 Å². The Balaban J connectivity index is 1.32. The number of halogens is 1. The predicted octanol–water partition coefficient (Wildman–Crippen LogP) is 12.5. The van der Waals surface area contributed by atoms with Gasteiger partial charge in [-0.05, 0) is 100.0 Å². The molecule has 2 aromatic heterocycles. The van der Waals surface area contributed by atoms with E-state index in [0.29, 0.717) is 0 Å². The Hall–Kier alpha value is -4.18. The van der Waals surface area contributed by atoms with Crippen LogP contribution in [0.15, 0.2) is 132 Å². The molecule has 0 unspecified atom stereocenters. The molecule has 8 aromatic rings. The summed E-state index contributed by atoms with van der Waals surface area (Å²) in [4.78, 5) is 0. The standard InChI is InChI=1S/C40H30BrNS/c1-40(2,3)29-15-17-36-34(24-29)32-16-13-26(23-37(32)42(36)31-9-5-4-6-10-31)28-19-27(20-30(41)21-28)25-14-18-39-35(22-25)33-11-7-8-12-38(33)43-39/h4-24H,1-3H3. The van der Waals surface area contributed by atoms with Gasteiger partial charge in [0, 0.05) is 41.1 Å². The van der Waals surface area contributed by atoms with Crippen molar-refractivity contribution in [3.8, 4) is 27.9 Å². The van der Waals surface area contributed by atoms with Gasteiger partial charge in [-0.3, -0.25) is 0 Å². The molecule has 0 radical (unpaired) electrons. The second kappa shape index (κ2) is 9.94. The minimum absolute atomic E-state index is 0.0837. The Labute approximate surface area is 264 Å². The summed E-state index contributed by atoms with van der Waals surface area (Å²) in [6.45, 7) is 6.85. The highest BCUT2D eigenvalue weighted by molar-refractivity contribution is 9.10. The lowest BCUT2D eigenvalue weighted by Crippen LogP contribution is -2.10. The second-order valence-electron chi connectivity index (χ2n) is 12.4. The first-order chi connectivity index (χ1) is 20.8. The van der Waals surface area contributed by atoms with E-state index in [0.717, 1.165) is 4.47 Å². The van der Waals surface area contributed by atoms with Gasteiger partial charge in [0.05, 0.1) is 11.0 Å². The number of rotatable bonds is 3. The van der Waals surface area contributed by atoms with Crippen molar-refractivity contribution in [1.29, 1.82) is 0 Å². The third kappa shape index (κ3) is 4.50. The number of hydrogen-bond acceptors (Lipinski definition) is 1. The molecule has 0 saturated heterocycles. The molecular weight excluding hydrogens is 606 g/mol. The molecule has 0 aliphatic rings. The first-order valence-corrected chi connectivity index (χ1v) is 16.3. The predicted molar refractivity (Wildman–Crippen MR) is 191 cm³/mol. The number of hydrogen-bond donors (Lipinski definition) is 0. The molecule has 0 fully saturated rings. The molecule has 0 amide bonds. The van der Waals surface area contributed by atoms with Gasteiger partial charge in [-0.2, -0.15) is 0 Å². The van der Waals surface area contributed by atoms with E-state index in [1.807, 2.05) is 11.3 Å². The summed E-state index contributed by atoms with van der Waals surface area (Å²) in [5.74, 6) is 0. The lowest BCUT2D eigenvalue weighted by atomic mass is 9.86. The topological polar surface area (TPSA) is 4.93 Å². The number of fused-ring (bicyclic) bond motifs is 6. The van der Waals surface area contributed by atoms with Crippen molar-refractivity contribution in [2.75, 3.05) is 0 Å². The lowest BCUT2D eigenvalue weighted by molar-refractivity contribution is 0.591. The van der Waals surface area contributed by atoms with Gasteiger partial charge in [-0.15, -0.1) is 11.3 Å². The molecule has 0 atom stereocenters. The number of benzene rings is 6. The van der Waals surface area contributed by atoms with Gasteiger partial charge in [0.15, 0.2) is 0 Å². The number of nitrogens with zero attached hydrogens (tertiary/aromatic N) is 1. The van der Waals surface area contributed by atoms with Gasteiger partial charge in [-0.1, -0.05) is 97.4 Å². The van der Waals surface area contributed by atoms with E-state index in [1.54, 1.807) is 0 Å². The van der Waals surface area contributed by atoms with Gasteiger partial charge in [-0.25, -0.2) is 0 Å². The highest BCUT2D eigenvalue weighted by Crippen LogP contribution is 2.40. The maximum absolute atomic E-state index is 3.84. The van der Waals surface area contributed by atoms with Crippen molar-refractivity contribution < 1.29 is 0 Å². The molecule has 1 nitrogen and oxygen atoms in total. The highest BCUT2D eigenvalue weighted by atomic mass is 79.9. The number of thiophene rings is 1. The molecule has 43 heavy (non-hydrogen) atoms. The Morgan fingerprint density at radius 2 is 1.21 bits per heavy atom. The molecule has 0 aliphatic carbocycles. The maximum atomic E-state index is 3.84. The third-order valence-electron chi connectivity index (χ3n) is 8.59. The van der Waals surface area contributed by atoms with Crippen molar-refractivity contribution in [2.45, 2.75) is 26.2 Å². The monoisotopic (exact) mass is 635 g/mol. The Kier molecular flexibility index (Phi) is 6.11. The van der Waals surface area contributed by atoms with E-state index in [9.17, 15) is 0 Å². The van der Waals surface area contributed by atoms with Crippen LogP contribution in [0.3, 0.4) is 0 Å². The van der Waals surface area contributed by atoms with E-state index >= 15 is 0 Å². The summed E-state index contributed by atoms with van der Waals surface area (Å²) in [5, 5.41) is 5.22. The molecule has 0 saturated carbocycles. The minimum Gasteiger partial charge on any atom is -0.309 e. The zero-order valence-corrected chi connectivity index (χ0v) is 26.8. The molecule has 3 heteroatoms. The first-order valence-electron chi connectivity index (χ1n) is 14.7. The second-order valence-corrected chi connectivity index (χ2v) is 14.4. The van der Waals surface area contributed by atoms with Crippen LogP contribution in [0.5, 0.6) is 0 Å². The number of aromatic nitrogens is 1. The van der Waals surface area contributed by atoms with Crippen molar-refractivity contribution in [1.82, 2.24) is 4.57 Å². The van der Waals surface area contributed by atoms with Gasteiger partial charge in [0.25, 0.3) is 0 Å². The van der Waals surface area contributed by atoms with E-state index in [4.69, 9.17) is 0 Å². The molecule has 2 heterocycles. The fourth-order valence-electron chi connectivity index (χ4n) is 6.35. The van der Waals surface area contributed by atoms with E-state index in [-0.39, 0.29) is 5.41 Å². The van der Waals surface area contributed by atoms with Crippen molar-refractivity contribution in [2.24, 2.45) is 0 Å². The highest BCUT2D eigenvalue weighted by Gasteiger charge is 2.19. The zero-order chi connectivity index (χ0) is 29.3. The van der Waals surface area contributed by atoms with Gasteiger partial charge >= 0.3 is 0 Å². The van der Waals surface area contributed by atoms with Crippen LogP contribution < -0.4 is 0 Å². The van der Waals surface area contributed by atoms with E-state index < -0.39 is 0 Å². The molecule has 6 aromatic carbocycles. The van der Waals surface area contributed by atoms with Gasteiger partial charge in [0.2, 0.25) is 0 Å². The van der Waals surface area contributed by atoms with Crippen molar-refractivity contribution in [3.63, 3.8) is 0 Å². The van der Waals surface area contributed by atoms with Crippen LogP contribution in [0.1, 0.15) is 26.3 Å². The van der Waals surface area contributed by atoms with Crippen LogP contribution in [0.2, 0.25) is 0 Å². The summed E-state index contributed by atoms with van der Waals surface area (Å²) in [6.07, 6.45) is 0. The fourth-order valence-corrected chi connectivity index (χ4v) is 7.93. The van der Waals surface area contributed by atoms with Gasteiger partial charge < -0.3 is 4.57 Å². The summed E-state index contributed by atoms with van der Waals surface area (Å²) in [7, 11) is 0. The van der Waals surface area contributed by atoms with Crippen LogP contribution in [-0.2, 0) is 5.41 Å². The summed E-state index contributed by atoms with van der Waals surface area (Å²) in [5.41, 5.74) is 9.90. The van der Waals surface area contributed by atoms with Crippen LogP contribution in [0, 0.1) is 0 Å². The van der Waals surface area contributed by atoms with Crippen LogP contribution in [0.4, 0.5) is 0 Å². The smallest absolute Gasteiger partial charge is 0.0547 e.